The molecule has 142 valence electrons. The minimum Gasteiger partial charge on any atom is -0.352 e. The number of aromatic nitrogens is 2. The molecule has 4 rings (SSSR count). The van der Waals surface area contributed by atoms with E-state index in [2.05, 4.69) is 10.3 Å². The second-order valence-corrected chi connectivity index (χ2v) is 8.34. The van der Waals surface area contributed by atoms with Gasteiger partial charge in [-0.1, -0.05) is 12.1 Å². The van der Waals surface area contributed by atoms with Crippen molar-refractivity contribution in [2.45, 2.75) is 22.8 Å². The van der Waals surface area contributed by atoms with Crippen molar-refractivity contribution < 1.29 is 18.0 Å². The summed E-state index contributed by atoms with van der Waals surface area (Å²) >= 11 is 0. The average molecular weight is 395 g/mol. The summed E-state index contributed by atoms with van der Waals surface area (Å²) in [4.78, 5) is 28.9. The number of ketones is 1. The highest BCUT2D eigenvalue weighted by atomic mass is 32.2. The number of nitrogens with zero attached hydrogens (tertiary/aromatic N) is 2. The number of fused-ring (bicyclic) bond motifs is 2. The Hall–Kier alpha value is -3.26. The number of rotatable bonds is 5. The number of aryl methyl sites for hydroxylation is 1. The number of carbonyl (C=O) groups excluding carboxylic acids is 2. The second kappa shape index (κ2) is 7.05. The first kappa shape index (κ1) is 18.1. The van der Waals surface area contributed by atoms with E-state index < -0.39 is 9.84 Å². The van der Waals surface area contributed by atoms with E-state index in [9.17, 15) is 18.0 Å². The van der Waals surface area contributed by atoms with Gasteiger partial charge in [0.1, 0.15) is 0 Å². The molecule has 8 heteroatoms. The van der Waals surface area contributed by atoms with Crippen molar-refractivity contribution in [3.63, 3.8) is 0 Å². The number of nitrogens with one attached hydrogen (secondary N) is 1. The van der Waals surface area contributed by atoms with Crippen molar-refractivity contribution in [1.29, 1.82) is 0 Å². The van der Waals surface area contributed by atoms with Gasteiger partial charge in [0.15, 0.2) is 5.78 Å². The first-order chi connectivity index (χ1) is 13.5. The molecule has 1 aliphatic heterocycles. The summed E-state index contributed by atoms with van der Waals surface area (Å²) in [5, 5.41) is 2.77. The fourth-order valence-corrected chi connectivity index (χ4v) is 4.89. The zero-order valence-electron chi connectivity index (χ0n) is 14.8. The SMILES string of the molecule is O=C(NCCCn1ccnc1)c1ccc2c(c1)S(=O)(=O)c1ccccc1C2=O. The first-order valence-electron chi connectivity index (χ1n) is 8.75. The van der Waals surface area contributed by atoms with Gasteiger partial charge in [-0.25, -0.2) is 13.4 Å². The molecular formula is C20H17N3O4S. The smallest absolute Gasteiger partial charge is 0.251 e. The summed E-state index contributed by atoms with van der Waals surface area (Å²) < 4.78 is 27.7. The van der Waals surface area contributed by atoms with Crippen LogP contribution >= 0.6 is 0 Å². The minimum atomic E-state index is -3.86. The quantitative estimate of drug-likeness (QED) is 0.522. The van der Waals surface area contributed by atoms with Gasteiger partial charge in [0.25, 0.3) is 5.91 Å². The van der Waals surface area contributed by atoms with Crippen LogP contribution in [0.1, 0.15) is 32.7 Å². The molecule has 2 aromatic carbocycles. The summed E-state index contributed by atoms with van der Waals surface area (Å²) in [6, 6.07) is 10.3. The highest BCUT2D eigenvalue weighted by molar-refractivity contribution is 7.91. The van der Waals surface area contributed by atoms with E-state index in [0.717, 1.165) is 0 Å². The Balaban J connectivity index is 1.54. The van der Waals surface area contributed by atoms with Gasteiger partial charge in [0, 0.05) is 42.2 Å². The third-order valence-corrected chi connectivity index (χ3v) is 6.49. The Kier molecular flexibility index (Phi) is 4.56. The topological polar surface area (TPSA) is 98.1 Å². The van der Waals surface area contributed by atoms with Gasteiger partial charge < -0.3 is 9.88 Å². The van der Waals surface area contributed by atoms with Crippen molar-refractivity contribution in [3.05, 3.63) is 77.9 Å². The number of amides is 1. The monoisotopic (exact) mass is 395 g/mol. The largest absolute Gasteiger partial charge is 0.352 e. The van der Waals surface area contributed by atoms with Crippen LogP contribution < -0.4 is 5.32 Å². The lowest BCUT2D eigenvalue weighted by molar-refractivity contribution is 0.0950. The molecule has 1 N–H and O–H groups in total. The second-order valence-electron chi connectivity index (χ2n) is 6.45. The molecule has 7 nitrogen and oxygen atoms in total. The molecule has 0 unspecified atom stereocenters. The van der Waals surface area contributed by atoms with Crippen LogP contribution in [0.3, 0.4) is 0 Å². The molecule has 1 amide bonds. The zero-order valence-corrected chi connectivity index (χ0v) is 15.6. The molecule has 0 saturated carbocycles. The predicted molar refractivity (Wildman–Crippen MR) is 101 cm³/mol. The molecule has 0 aliphatic carbocycles. The van der Waals surface area contributed by atoms with Crippen LogP contribution in [0.4, 0.5) is 0 Å². The molecule has 0 radical (unpaired) electrons. The fraction of sp³-hybridized carbons (Fsp3) is 0.150. The van der Waals surface area contributed by atoms with E-state index in [1.54, 1.807) is 24.7 Å². The highest BCUT2D eigenvalue weighted by Gasteiger charge is 2.34. The van der Waals surface area contributed by atoms with Gasteiger partial charge in [-0.2, -0.15) is 0 Å². The molecule has 2 heterocycles. The molecule has 0 atom stereocenters. The summed E-state index contributed by atoms with van der Waals surface area (Å²) in [7, 11) is -3.86. The Morgan fingerprint density at radius 2 is 1.86 bits per heavy atom. The van der Waals surface area contributed by atoms with Gasteiger partial charge in [-0.15, -0.1) is 0 Å². The Labute approximate surface area is 162 Å². The molecule has 3 aromatic rings. The van der Waals surface area contributed by atoms with Crippen LogP contribution in [0.2, 0.25) is 0 Å². The first-order valence-corrected chi connectivity index (χ1v) is 10.2. The van der Waals surface area contributed by atoms with Crippen LogP contribution in [-0.4, -0.2) is 36.2 Å². The van der Waals surface area contributed by atoms with Crippen LogP contribution in [-0.2, 0) is 16.4 Å². The van der Waals surface area contributed by atoms with Crippen molar-refractivity contribution in [1.82, 2.24) is 14.9 Å². The van der Waals surface area contributed by atoms with Gasteiger partial charge in [-0.05, 0) is 36.8 Å². The third kappa shape index (κ3) is 3.11. The lowest BCUT2D eigenvalue weighted by atomic mass is 10.0. The molecular weight excluding hydrogens is 378 g/mol. The molecule has 0 spiro atoms. The van der Waals surface area contributed by atoms with Gasteiger partial charge in [0.05, 0.1) is 16.1 Å². The summed E-state index contributed by atoms with van der Waals surface area (Å²) in [5.74, 6) is -0.734. The van der Waals surface area contributed by atoms with E-state index in [1.807, 2.05) is 10.8 Å². The molecule has 28 heavy (non-hydrogen) atoms. The van der Waals surface area contributed by atoms with Crippen molar-refractivity contribution in [3.8, 4) is 0 Å². The maximum atomic E-state index is 12.9. The highest BCUT2D eigenvalue weighted by Crippen LogP contribution is 2.34. The average Bonchev–Trinajstić information content (AvgIpc) is 3.23. The normalized spacial score (nSPS) is 14.2. The fourth-order valence-electron chi connectivity index (χ4n) is 3.21. The Morgan fingerprint density at radius 1 is 1.07 bits per heavy atom. The number of carbonyl (C=O) groups is 2. The molecule has 0 fully saturated rings. The van der Waals surface area contributed by atoms with Crippen molar-refractivity contribution in [2.24, 2.45) is 0 Å². The zero-order chi connectivity index (χ0) is 19.7. The number of benzene rings is 2. The molecule has 1 aliphatic rings. The van der Waals surface area contributed by atoms with E-state index in [0.29, 0.717) is 19.5 Å². The predicted octanol–water partition coefficient (Wildman–Crippen LogP) is 2.08. The molecule has 0 bridgehead atoms. The van der Waals surface area contributed by atoms with Crippen molar-refractivity contribution in [2.75, 3.05) is 6.54 Å². The van der Waals surface area contributed by atoms with Gasteiger partial charge in [0.2, 0.25) is 9.84 Å². The van der Waals surface area contributed by atoms with Crippen molar-refractivity contribution >= 4 is 21.5 Å². The van der Waals surface area contributed by atoms with E-state index in [-0.39, 0.29) is 38.2 Å². The molecule has 0 saturated heterocycles. The summed E-state index contributed by atoms with van der Waals surface area (Å²) in [6.45, 7) is 1.15. The third-order valence-electron chi connectivity index (χ3n) is 4.64. The number of sulfone groups is 1. The van der Waals surface area contributed by atoms with Crippen LogP contribution in [0.5, 0.6) is 0 Å². The maximum Gasteiger partial charge on any atom is 0.251 e. The van der Waals surface area contributed by atoms with Crippen LogP contribution in [0, 0.1) is 0 Å². The standard InChI is InChI=1S/C20H17N3O4S/c24-19-15-4-1-2-5-17(15)28(26,27)18-12-14(6-7-16(18)19)20(25)22-8-3-10-23-11-9-21-13-23/h1-2,4-7,9,11-13H,3,8,10H2,(H,22,25). The van der Waals surface area contributed by atoms with Gasteiger partial charge in [-0.3, -0.25) is 9.59 Å². The minimum absolute atomic E-state index is 0.0228. The Bertz CT molecular complexity index is 1170. The number of hydrogen-bond donors (Lipinski definition) is 1. The summed E-state index contributed by atoms with van der Waals surface area (Å²) in [6.07, 6.45) is 5.93. The maximum absolute atomic E-state index is 12.9. The Morgan fingerprint density at radius 3 is 2.64 bits per heavy atom. The van der Waals surface area contributed by atoms with E-state index in [4.69, 9.17) is 0 Å². The number of hydrogen-bond acceptors (Lipinski definition) is 5. The van der Waals surface area contributed by atoms with E-state index >= 15 is 0 Å². The van der Waals surface area contributed by atoms with Crippen LogP contribution in [0.15, 0.2) is 71.0 Å². The van der Waals surface area contributed by atoms with Crippen LogP contribution in [0.25, 0.3) is 0 Å². The van der Waals surface area contributed by atoms with E-state index in [1.165, 1.54) is 30.3 Å². The lowest BCUT2D eigenvalue weighted by Gasteiger charge is -2.19. The number of imidazole rings is 1. The van der Waals surface area contributed by atoms with Gasteiger partial charge >= 0.3 is 0 Å². The lowest BCUT2D eigenvalue weighted by Crippen LogP contribution is -2.26. The summed E-state index contributed by atoms with van der Waals surface area (Å²) in [5.41, 5.74) is 0.458. The molecule has 1 aromatic heterocycles.